The summed E-state index contributed by atoms with van der Waals surface area (Å²) in [5.74, 6) is 0.536. The lowest BCUT2D eigenvalue weighted by Crippen LogP contribution is -2.23. The number of nitrogens with one attached hydrogen (secondary N) is 1. The average molecular weight is 364 g/mol. The van der Waals surface area contributed by atoms with Gasteiger partial charge in [-0.1, -0.05) is 15.9 Å². The molecule has 2 atom stereocenters. The van der Waals surface area contributed by atoms with E-state index in [0.29, 0.717) is 16.3 Å². The highest BCUT2D eigenvalue weighted by atomic mass is 79.9. The maximum Gasteiger partial charge on any atom is 0.573 e. The number of hydrogen-bond donors (Lipinski definition) is 1. The maximum atomic E-state index is 12.4. The van der Waals surface area contributed by atoms with Crippen molar-refractivity contribution in [2.24, 2.45) is 17.8 Å². The number of hydrogen-bond acceptors (Lipinski definition) is 2. The molecule has 2 unspecified atom stereocenters. The van der Waals surface area contributed by atoms with Gasteiger partial charge in [-0.25, -0.2) is 0 Å². The molecule has 0 aromatic heterocycles. The first-order chi connectivity index (χ1) is 9.82. The third-order valence-electron chi connectivity index (χ3n) is 4.04. The first kappa shape index (κ1) is 14.7. The van der Waals surface area contributed by atoms with Crippen molar-refractivity contribution in [2.75, 3.05) is 5.32 Å². The number of alkyl halides is 3. The van der Waals surface area contributed by atoms with Crippen molar-refractivity contribution < 1.29 is 22.7 Å². The fraction of sp³-hybridized carbons (Fsp3) is 0.500. The highest BCUT2D eigenvalue weighted by Crippen LogP contribution is 2.54. The predicted octanol–water partition coefficient (Wildman–Crippen LogP) is 4.33. The van der Waals surface area contributed by atoms with Crippen molar-refractivity contribution in [1.82, 2.24) is 0 Å². The van der Waals surface area contributed by atoms with Crippen molar-refractivity contribution in [3.63, 3.8) is 0 Å². The van der Waals surface area contributed by atoms with E-state index in [0.717, 1.165) is 12.8 Å². The largest absolute Gasteiger partial charge is 0.573 e. The van der Waals surface area contributed by atoms with E-state index in [1.54, 1.807) is 6.07 Å². The van der Waals surface area contributed by atoms with Gasteiger partial charge in [0.15, 0.2) is 5.75 Å². The molecule has 2 fully saturated rings. The molecule has 0 heterocycles. The van der Waals surface area contributed by atoms with Crippen LogP contribution in [0, 0.1) is 17.8 Å². The van der Waals surface area contributed by atoms with Gasteiger partial charge in [0.05, 0.1) is 5.69 Å². The van der Waals surface area contributed by atoms with Crippen LogP contribution in [0.3, 0.4) is 0 Å². The van der Waals surface area contributed by atoms with E-state index in [1.807, 2.05) is 0 Å². The zero-order valence-electron chi connectivity index (χ0n) is 10.9. The van der Waals surface area contributed by atoms with E-state index >= 15 is 0 Å². The second kappa shape index (κ2) is 5.19. The van der Waals surface area contributed by atoms with Crippen molar-refractivity contribution in [3.05, 3.63) is 22.7 Å². The number of amides is 1. The van der Waals surface area contributed by atoms with Crippen LogP contribution in [0.25, 0.3) is 0 Å². The molecule has 0 bridgehead atoms. The minimum atomic E-state index is -4.80. The highest BCUT2D eigenvalue weighted by Gasteiger charge is 2.48. The Morgan fingerprint density at radius 1 is 1.24 bits per heavy atom. The van der Waals surface area contributed by atoms with Gasteiger partial charge in [0, 0.05) is 10.4 Å². The summed E-state index contributed by atoms with van der Waals surface area (Å²) in [7, 11) is 0. The third kappa shape index (κ3) is 3.51. The molecule has 3 nitrogen and oxygen atoms in total. The molecule has 21 heavy (non-hydrogen) atoms. The number of rotatable bonds is 3. The molecule has 1 N–H and O–H groups in total. The second-order valence-electron chi connectivity index (χ2n) is 5.60. The van der Waals surface area contributed by atoms with Gasteiger partial charge >= 0.3 is 6.36 Å². The summed E-state index contributed by atoms with van der Waals surface area (Å²) in [6, 6.07) is 4.15. The molecule has 2 aliphatic carbocycles. The Labute approximate surface area is 128 Å². The standard InChI is InChI=1S/C14H13BrF3NO2/c15-10-1-2-11(12(6-10)21-14(16,17)18)19-13(20)9-4-7-3-8(7)5-9/h1-2,6-9H,3-5H2,(H,19,20). The van der Waals surface area contributed by atoms with Crippen LogP contribution in [0.5, 0.6) is 5.75 Å². The number of benzene rings is 1. The van der Waals surface area contributed by atoms with Gasteiger partial charge in [0.1, 0.15) is 0 Å². The van der Waals surface area contributed by atoms with E-state index in [9.17, 15) is 18.0 Å². The molecule has 0 spiro atoms. The smallest absolute Gasteiger partial charge is 0.404 e. The minimum Gasteiger partial charge on any atom is -0.404 e. The average Bonchev–Trinajstić information content (AvgIpc) is 2.97. The van der Waals surface area contributed by atoms with Gasteiger partial charge in [-0.3, -0.25) is 4.79 Å². The van der Waals surface area contributed by atoms with Crippen molar-refractivity contribution in [3.8, 4) is 5.75 Å². The summed E-state index contributed by atoms with van der Waals surface area (Å²) >= 11 is 3.09. The Balaban J connectivity index is 1.73. The number of fused-ring (bicyclic) bond motifs is 1. The summed E-state index contributed by atoms with van der Waals surface area (Å²) < 4.78 is 41.6. The van der Waals surface area contributed by atoms with Crippen LogP contribution >= 0.6 is 15.9 Å². The van der Waals surface area contributed by atoms with Crippen molar-refractivity contribution >= 4 is 27.5 Å². The van der Waals surface area contributed by atoms with Gasteiger partial charge in [-0.05, 0) is 49.3 Å². The Hall–Kier alpha value is -1.24. The highest BCUT2D eigenvalue weighted by molar-refractivity contribution is 9.10. The number of carbonyl (C=O) groups is 1. The van der Waals surface area contributed by atoms with Gasteiger partial charge in [0.25, 0.3) is 0 Å². The number of ether oxygens (including phenoxy) is 1. The fourth-order valence-corrected chi connectivity index (χ4v) is 3.31. The van der Waals surface area contributed by atoms with Crippen LogP contribution in [-0.4, -0.2) is 12.3 Å². The zero-order valence-corrected chi connectivity index (χ0v) is 12.5. The quantitative estimate of drug-likeness (QED) is 0.867. The van der Waals surface area contributed by atoms with E-state index in [1.165, 1.54) is 18.6 Å². The summed E-state index contributed by atoms with van der Waals surface area (Å²) in [6.45, 7) is 0. The van der Waals surface area contributed by atoms with Gasteiger partial charge in [-0.2, -0.15) is 0 Å². The Kier molecular flexibility index (Phi) is 3.63. The molecule has 0 radical (unpaired) electrons. The van der Waals surface area contributed by atoms with Gasteiger partial charge in [-0.15, -0.1) is 13.2 Å². The lowest BCUT2D eigenvalue weighted by atomic mass is 10.0. The topological polar surface area (TPSA) is 38.3 Å². The molecule has 2 aliphatic rings. The summed E-state index contributed by atoms with van der Waals surface area (Å²) in [5, 5.41) is 2.56. The molecule has 7 heteroatoms. The summed E-state index contributed by atoms with van der Waals surface area (Å²) in [6.07, 6.45) is -1.94. The van der Waals surface area contributed by atoms with E-state index in [2.05, 4.69) is 26.0 Å². The first-order valence-corrected chi connectivity index (χ1v) is 7.47. The molecule has 1 aromatic rings. The second-order valence-corrected chi connectivity index (χ2v) is 6.52. The SMILES string of the molecule is O=C(Nc1ccc(Br)cc1OC(F)(F)F)C1CC2CC2C1. The van der Waals surface area contributed by atoms with E-state index < -0.39 is 12.1 Å². The maximum absolute atomic E-state index is 12.4. The molecule has 1 aromatic carbocycles. The monoisotopic (exact) mass is 363 g/mol. The number of halogens is 4. The minimum absolute atomic E-state index is 0.0427. The van der Waals surface area contributed by atoms with E-state index in [-0.39, 0.29) is 17.5 Å². The van der Waals surface area contributed by atoms with Crippen molar-refractivity contribution in [1.29, 1.82) is 0 Å². The van der Waals surface area contributed by atoms with Gasteiger partial charge < -0.3 is 10.1 Å². The molecular weight excluding hydrogens is 351 g/mol. The van der Waals surface area contributed by atoms with E-state index in [4.69, 9.17) is 0 Å². The Morgan fingerprint density at radius 3 is 2.52 bits per heavy atom. The molecule has 3 rings (SSSR count). The van der Waals surface area contributed by atoms with Crippen LogP contribution in [0.15, 0.2) is 22.7 Å². The fourth-order valence-electron chi connectivity index (χ4n) is 2.97. The third-order valence-corrected chi connectivity index (χ3v) is 4.53. The van der Waals surface area contributed by atoms with Crippen LogP contribution in [0.2, 0.25) is 0 Å². The Bertz CT molecular complexity index is 566. The van der Waals surface area contributed by atoms with Crippen molar-refractivity contribution in [2.45, 2.75) is 25.6 Å². The molecule has 0 saturated heterocycles. The van der Waals surface area contributed by atoms with Crippen LogP contribution in [-0.2, 0) is 4.79 Å². The molecular formula is C14H13BrF3NO2. The lowest BCUT2D eigenvalue weighted by molar-refractivity contribution is -0.274. The number of anilines is 1. The summed E-state index contributed by atoms with van der Waals surface area (Å²) in [4.78, 5) is 12.1. The molecule has 2 saturated carbocycles. The molecule has 0 aliphatic heterocycles. The normalized spacial score (nSPS) is 27.1. The molecule has 1 amide bonds. The van der Waals surface area contributed by atoms with Crippen LogP contribution < -0.4 is 10.1 Å². The number of carbonyl (C=O) groups excluding carboxylic acids is 1. The Morgan fingerprint density at radius 2 is 1.90 bits per heavy atom. The van der Waals surface area contributed by atoms with Crippen LogP contribution in [0.4, 0.5) is 18.9 Å². The zero-order chi connectivity index (χ0) is 15.2. The molecule has 114 valence electrons. The van der Waals surface area contributed by atoms with Crippen LogP contribution in [0.1, 0.15) is 19.3 Å². The first-order valence-electron chi connectivity index (χ1n) is 6.68. The lowest BCUT2D eigenvalue weighted by Gasteiger charge is -2.16. The van der Waals surface area contributed by atoms with Gasteiger partial charge in [0.2, 0.25) is 5.91 Å². The summed E-state index contributed by atoms with van der Waals surface area (Å²) in [5.41, 5.74) is 0.0427. The predicted molar refractivity (Wildman–Crippen MR) is 73.8 cm³/mol.